The van der Waals surface area contributed by atoms with Gasteiger partial charge in [0, 0.05) is 26.1 Å². The number of nitrogens with zero attached hydrogens (tertiary/aromatic N) is 2. The van der Waals surface area contributed by atoms with E-state index in [1.165, 1.54) is 7.11 Å². The van der Waals surface area contributed by atoms with Crippen molar-refractivity contribution in [2.24, 2.45) is 0 Å². The van der Waals surface area contributed by atoms with Crippen LogP contribution in [0.4, 0.5) is 0 Å². The third-order valence-corrected chi connectivity index (χ3v) is 5.71. The predicted octanol–water partition coefficient (Wildman–Crippen LogP) is 2.07. The molecule has 27 heavy (non-hydrogen) atoms. The molecule has 1 fully saturated rings. The van der Waals surface area contributed by atoms with Crippen molar-refractivity contribution in [2.45, 2.75) is 25.0 Å². The maximum absolute atomic E-state index is 12.1. The molecular formula is C20H30N2O4S. The minimum absolute atomic E-state index is 0.182. The molecule has 7 heteroatoms. The van der Waals surface area contributed by atoms with Crippen molar-refractivity contribution in [2.75, 3.05) is 52.7 Å². The summed E-state index contributed by atoms with van der Waals surface area (Å²) in [6.07, 6.45) is 1.21. The topological polar surface area (TPSA) is 59.1 Å². The molecule has 1 unspecified atom stereocenters. The summed E-state index contributed by atoms with van der Waals surface area (Å²) in [5, 5.41) is -0.182. The minimum Gasteiger partial charge on any atom is -0.492 e. The molecule has 0 aromatic heterocycles. The molecule has 2 rings (SSSR count). The van der Waals surface area contributed by atoms with Crippen LogP contribution in [0, 0.1) is 0 Å². The van der Waals surface area contributed by atoms with Crippen LogP contribution in [0.25, 0.3) is 0 Å². The number of benzene rings is 1. The number of thioether (sulfide) groups is 1. The normalized spacial score (nSPS) is 16.7. The SMILES string of the molecule is CCSC(Cc1ccc(OCCN2CCN(C)CCC2=O)cc1)C(=O)OC. The number of rotatable bonds is 9. The molecule has 1 heterocycles. The van der Waals surface area contributed by atoms with Crippen molar-refractivity contribution >= 4 is 23.6 Å². The highest BCUT2D eigenvalue weighted by Gasteiger charge is 2.20. The number of likely N-dealkylation sites (N-methyl/N-ethyl adjacent to an activating group) is 1. The number of methoxy groups -OCH3 is 1. The van der Waals surface area contributed by atoms with Gasteiger partial charge in [0.05, 0.1) is 13.7 Å². The molecule has 0 bridgehead atoms. The Kier molecular flexibility index (Phi) is 8.94. The van der Waals surface area contributed by atoms with Gasteiger partial charge in [-0.1, -0.05) is 19.1 Å². The van der Waals surface area contributed by atoms with Crippen LogP contribution in [0.1, 0.15) is 18.9 Å². The molecule has 1 aliphatic heterocycles. The van der Waals surface area contributed by atoms with E-state index in [4.69, 9.17) is 9.47 Å². The molecule has 1 amide bonds. The van der Waals surface area contributed by atoms with E-state index in [0.29, 0.717) is 26.0 Å². The summed E-state index contributed by atoms with van der Waals surface area (Å²) in [4.78, 5) is 28.0. The Hall–Kier alpha value is -1.73. The smallest absolute Gasteiger partial charge is 0.319 e. The lowest BCUT2D eigenvalue weighted by atomic mass is 10.1. The molecule has 0 saturated carbocycles. The van der Waals surface area contributed by atoms with Crippen LogP contribution in [0.3, 0.4) is 0 Å². The lowest BCUT2D eigenvalue weighted by molar-refractivity contribution is -0.140. The van der Waals surface area contributed by atoms with Gasteiger partial charge in [-0.2, -0.15) is 0 Å². The van der Waals surface area contributed by atoms with E-state index >= 15 is 0 Å². The van der Waals surface area contributed by atoms with Crippen LogP contribution in [-0.2, 0) is 20.7 Å². The first-order chi connectivity index (χ1) is 13.0. The third-order valence-electron chi connectivity index (χ3n) is 4.62. The monoisotopic (exact) mass is 394 g/mol. The zero-order valence-corrected chi connectivity index (χ0v) is 17.3. The van der Waals surface area contributed by atoms with Gasteiger partial charge in [0.1, 0.15) is 17.6 Å². The van der Waals surface area contributed by atoms with Crippen molar-refractivity contribution in [1.29, 1.82) is 0 Å². The highest BCUT2D eigenvalue weighted by Crippen LogP contribution is 2.20. The Bertz CT molecular complexity index is 609. The number of hydrogen-bond acceptors (Lipinski definition) is 6. The Balaban J connectivity index is 1.81. The average Bonchev–Trinajstić information content (AvgIpc) is 2.84. The van der Waals surface area contributed by atoms with Gasteiger partial charge in [-0.05, 0) is 36.9 Å². The number of carbonyl (C=O) groups is 2. The second-order valence-electron chi connectivity index (χ2n) is 6.60. The number of esters is 1. The van der Waals surface area contributed by atoms with Crippen LogP contribution in [-0.4, -0.2) is 79.6 Å². The van der Waals surface area contributed by atoms with Crippen molar-refractivity contribution in [3.63, 3.8) is 0 Å². The Morgan fingerprint density at radius 2 is 1.96 bits per heavy atom. The molecule has 150 valence electrons. The Morgan fingerprint density at radius 1 is 1.22 bits per heavy atom. The second-order valence-corrected chi connectivity index (χ2v) is 8.08. The maximum Gasteiger partial charge on any atom is 0.319 e. The summed E-state index contributed by atoms with van der Waals surface area (Å²) in [5.41, 5.74) is 1.07. The van der Waals surface area contributed by atoms with E-state index in [1.54, 1.807) is 11.8 Å². The van der Waals surface area contributed by atoms with Gasteiger partial charge >= 0.3 is 5.97 Å². The molecule has 0 N–H and O–H groups in total. The van der Waals surface area contributed by atoms with E-state index < -0.39 is 0 Å². The fourth-order valence-corrected chi connectivity index (χ4v) is 3.91. The van der Waals surface area contributed by atoms with Gasteiger partial charge in [-0.15, -0.1) is 11.8 Å². The van der Waals surface area contributed by atoms with Gasteiger partial charge in [0.25, 0.3) is 0 Å². The molecule has 0 radical (unpaired) electrons. The van der Waals surface area contributed by atoms with Gasteiger partial charge < -0.3 is 19.3 Å². The molecule has 6 nitrogen and oxygen atoms in total. The van der Waals surface area contributed by atoms with Gasteiger partial charge in [0.15, 0.2) is 0 Å². The fourth-order valence-electron chi connectivity index (χ4n) is 2.96. The van der Waals surface area contributed by atoms with Crippen LogP contribution in [0.2, 0.25) is 0 Å². The van der Waals surface area contributed by atoms with Crippen molar-refractivity contribution in [1.82, 2.24) is 9.80 Å². The van der Waals surface area contributed by atoms with Crippen LogP contribution < -0.4 is 4.74 Å². The lowest BCUT2D eigenvalue weighted by Gasteiger charge is -2.21. The molecule has 1 aliphatic rings. The molecule has 1 saturated heterocycles. The summed E-state index contributed by atoms with van der Waals surface area (Å²) < 4.78 is 10.7. The first-order valence-electron chi connectivity index (χ1n) is 9.41. The summed E-state index contributed by atoms with van der Waals surface area (Å²) in [6, 6.07) is 7.79. The standard InChI is InChI=1S/C20H30N2O4S/c1-4-27-18(20(24)25-3)15-16-5-7-17(8-6-16)26-14-13-22-12-11-21(2)10-9-19(22)23/h5-8,18H,4,9-15H2,1-3H3. The number of hydrogen-bond donors (Lipinski definition) is 0. The van der Waals surface area contributed by atoms with E-state index in [0.717, 1.165) is 36.7 Å². The first-order valence-corrected chi connectivity index (χ1v) is 10.5. The molecule has 1 aromatic carbocycles. The van der Waals surface area contributed by atoms with Crippen molar-refractivity contribution in [3.05, 3.63) is 29.8 Å². The molecule has 1 aromatic rings. The molecular weight excluding hydrogens is 364 g/mol. The lowest BCUT2D eigenvalue weighted by Crippen LogP contribution is -2.35. The molecule has 1 atom stereocenters. The molecule has 0 spiro atoms. The highest BCUT2D eigenvalue weighted by molar-refractivity contribution is 8.00. The largest absolute Gasteiger partial charge is 0.492 e. The van der Waals surface area contributed by atoms with E-state index in [-0.39, 0.29) is 17.1 Å². The highest BCUT2D eigenvalue weighted by atomic mass is 32.2. The minimum atomic E-state index is -0.185. The van der Waals surface area contributed by atoms with Gasteiger partial charge in [-0.3, -0.25) is 9.59 Å². The zero-order valence-electron chi connectivity index (χ0n) is 16.5. The third kappa shape index (κ3) is 7.07. The van der Waals surface area contributed by atoms with Gasteiger partial charge in [-0.25, -0.2) is 0 Å². The summed E-state index contributed by atoms with van der Waals surface area (Å²) in [7, 11) is 3.47. The number of amides is 1. The van der Waals surface area contributed by atoms with E-state index in [9.17, 15) is 9.59 Å². The number of carbonyl (C=O) groups excluding carboxylic acids is 2. The second kappa shape index (κ2) is 11.2. The zero-order chi connectivity index (χ0) is 19.6. The quantitative estimate of drug-likeness (QED) is 0.598. The van der Waals surface area contributed by atoms with Crippen molar-refractivity contribution in [3.8, 4) is 5.75 Å². The van der Waals surface area contributed by atoms with Crippen LogP contribution in [0.5, 0.6) is 5.75 Å². The van der Waals surface area contributed by atoms with Crippen LogP contribution in [0.15, 0.2) is 24.3 Å². The Morgan fingerprint density at radius 3 is 2.63 bits per heavy atom. The van der Waals surface area contributed by atoms with Crippen molar-refractivity contribution < 1.29 is 19.1 Å². The predicted molar refractivity (Wildman–Crippen MR) is 108 cm³/mol. The summed E-state index contributed by atoms with van der Waals surface area (Å²) >= 11 is 1.59. The Labute approximate surface area is 166 Å². The maximum atomic E-state index is 12.1. The summed E-state index contributed by atoms with van der Waals surface area (Å²) in [6.45, 7) is 5.58. The first kappa shape index (κ1) is 21.6. The average molecular weight is 395 g/mol. The van der Waals surface area contributed by atoms with Gasteiger partial charge in [0.2, 0.25) is 5.91 Å². The number of ether oxygens (including phenoxy) is 2. The van der Waals surface area contributed by atoms with E-state index in [2.05, 4.69) is 4.90 Å². The fraction of sp³-hybridized carbons (Fsp3) is 0.600. The molecule has 0 aliphatic carbocycles. The summed E-state index contributed by atoms with van der Waals surface area (Å²) in [5.74, 6) is 1.65. The van der Waals surface area contributed by atoms with Crippen LogP contribution >= 0.6 is 11.8 Å². The van der Waals surface area contributed by atoms with E-state index in [1.807, 2.05) is 43.1 Å².